The van der Waals surface area contributed by atoms with Gasteiger partial charge in [0.1, 0.15) is 11.2 Å². The van der Waals surface area contributed by atoms with Gasteiger partial charge >= 0.3 is 0 Å². The van der Waals surface area contributed by atoms with E-state index in [1.54, 1.807) is 17.9 Å². The number of H-pyrrole nitrogens is 1. The summed E-state index contributed by atoms with van der Waals surface area (Å²) in [6.07, 6.45) is 1.59. The van der Waals surface area contributed by atoms with E-state index in [4.69, 9.17) is 4.74 Å². The number of nitrogens with zero attached hydrogens (tertiary/aromatic N) is 4. The van der Waals surface area contributed by atoms with Gasteiger partial charge in [-0.2, -0.15) is 5.10 Å². The van der Waals surface area contributed by atoms with Crippen molar-refractivity contribution in [3.63, 3.8) is 0 Å². The number of ether oxygens (including phenoxy) is 1. The number of aryl methyl sites for hydroxylation is 1. The van der Waals surface area contributed by atoms with Crippen molar-refractivity contribution in [1.82, 2.24) is 24.6 Å². The van der Waals surface area contributed by atoms with E-state index < -0.39 is 0 Å². The molecule has 7 heteroatoms. The van der Waals surface area contributed by atoms with Gasteiger partial charge in [-0.1, -0.05) is 30.3 Å². The molecule has 1 unspecified atom stereocenters. The first-order chi connectivity index (χ1) is 11.7. The van der Waals surface area contributed by atoms with Crippen LogP contribution < -0.4 is 5.56 Å². The lowest BCUT2D eigenvalue weighted by Crippen LogP contribution is -2.38. The van der Waals surface area contributed by atoms with Crippen LogP contribution in [0, 0.1) is 0 Å². The van der Waals surface area contributed by atoms with E-state index >= 15 is 0 Å². The largest absolute Gasteiger partial charge is 0.371 e. The summed E-state index contributed by atoms with van der Waals surface area (Å²) in [6.45, 7) is 2.84. The highest BCUT2D eigenvalue weighted by Gasteiger charge is 2.22. The second-order valence-corrected chi connectivity index (χ2v) is 6.02. The molecule has 3 heterocycles. The number of benzene rings is 1. The van der Waals surface area contributed by atoms with Gasteiger partial charge in [-0.05, 0) is 5.56 Å². The van der Waals surface area contributed by atoms with Crippen molar-refractivity contribution in [2.75, 3.05) is 19.7 Å². The van der Waals surface area contributed by atoms with Crippen molar-refractivity contribution in [1.29, 1.82) is 0 Å². The third kappa shape index (κ3) is 2.83. The molecular formula is C17H19N5O2. The molecule has 4 rings (SSSR count). The van der Waals surface area contributed by atoms with Crippen molar-refractivity contribution in [2.24, 2.45) is 7.05 Å². The van der Waals surface area contributed by atoms with E-state index in [1.165, 1.54) is 5.56 Å². The topological polar surface area (TPSA) is 76.0 Å². The van der Waals surface area contributed by atoms with Gasteiger partial charge < -0.3 is 9.72 Å². The van der Waals surface area contributed by atoms with Gasteiger partial charge in [-0.25, -0.2) is 4.98 Å². The normalized spacial score (nSPS) is 19.0. The molecule has 7 nitrogen and oxygen atoms in total. The number of morpholine rings is 1. The fourth-order valence-corrected chi connectivity index (χ4v) is 3.08. The first kappa shape index (κ1) is 15.0. The monoisotopic (exact) mass is 325 g/mol. The average Bonchev–Trinajstić information content (AvgIpc) is 2.98. The number of nitrogens with one attached hydrogen (secondary N) is 1. The fourth-order valence-electron chi connectivity index (χ4n) is 3.08. The van der Waals surface area contributed by atoms with Gasteiger partial charge in [-0.3, -0.25) is 14.4 Å². The summed E-state index contributed by atoms with van der Waals surface area (Å²) in [4.78, 5) is 21.8. The van der Waals surface area contributed by atoms with Crippen LogP contribution in [-0.2, 0) is 18.3 Å². The molecule has 0 bridgehead atoms. The fraction of sp³-hybridized carbons (Fsp3) is 0.353. The van der Waals surface area contributed by atoms with Crippen LogP contribution >= 0.6 is 0 Å². The van der Waals surface area contributed by atoms with Crippen LogP contribution in [0.5, 0.6) is 0 Å². The van der Waals surface area contributed by atoms with Gasteiger partial charge in [0.15, 0.2) is 5.65 Å². The van der Waals surface area contributed by atoms with Gasteiger partial charge in [0, 0.05) is 20.1 Å². The van der Waals surface area contributed by atoms with E-state index in [0.29, 0.717) is 30.0 Å². The Balaban J connectivity index is 1.55. The van der Waals surface area contributed by atoms with Crippen molar-refractivity contribution in [3.05, 3.63) is 58.3 Å². The van der Waals surface area contributed by atoms with Crippen LogP contribution in [-0.4, -0.2) is 44.3 Å². The van der Waals surface area contributed by atoms with Gasteiger partial charge in [0.2, 0.25) is 0 Å². The Hall–Kier alpha value is -2.51. The van der Waals surface area contributed by atoms with Crippen LogP contribution in [0.1, 0.15) is 17.5 Å². The van der Waals surface area contributed by atoms with Gasteiger partial charge in [0.05, 0.1) is 25.5 Å². The third-order valence-electron chi connectivity index (χ3n) is 4.35. The molecule has 1 fully saturated rings. The lowest BCUT2D eigenvalue weighted by atomic mass is 10.1. The minimum Gasteiger partial charge on any atom is -0.371 e. The number of rotatable bonds is 3. The molecule has 1 aromatic carbocycles. The molecule has 24 heavy (non-hydrogen) atoms. The van der Waals surface area contributed by atoms with Crippen molar-refractivity contribution < 1.29 is 4.74 Å². The Kier molecular flexibility index (Phi) is 3.87. The molecule has 2 aromatic heterocycles. The average molecular weight is 325 g/mol. The SMILES string of the molecule is Cn1ncc2c(=O)[nH]c(CN3CCOC(c4ccccc4)C3)nc21. The van der Waals surface area contributed by atoms with Crippen molar-refractivity contribution in [2.45, 2.75) is 12.6 Å². The second kappa shape index (κ2) is 6.18. The highest BCUT2D eigenvalue weighted by atomic mass is 16.5. The standard InChI is InChI=1S/C17H19N5O2/c1-21-16-13(9-18-21)17(23)20-15(19-16)11-22-7-8-24-14(10-22)12-5-3-2-4-6-12/h2-6,9,14H,7-8,10-11H2,1H3,(H,19,20,23). The summed E-state index contributed by atoms with van der Waals surface area (Å²) in [6, 6.07) is 10.2. The quantitative estimate of drug-likeness (QED) is 0.784. The van der Waals surface area contributed by atoms with E-state index in [9.17, 15) is 4.79 Å². The van der Waals surface area contributed by atoms with E-state index in [1.807, 2.05) is 18.2 Å². The molecule has 0 saturated carbocycles. The predicted octanol–water partition coefficient (Wildman–Crippen LogP) is 1.23. The second-order valence-electron chi connectivity index (χ2n) is 6.02. The van der Waals surface area contributed by atoms with Crippen LogP contribution in [0.25, 0.3) is 11.0 Å². The zero-order chi connectivity index (χ0) is 16.5. The Morgan fingerprint density at radius 1 is 1.33 bits per heavy atom. The molecule has 0 amide bonds. The smallest absolute Gasteiger partial charge is 0.262 e. The molecule has 124 valence electrons. The first-order valence-corrected chi connectivity index (χ1v) is 8.00. The summed E-state index contributed by atoms with van der Waals surface area (Å²) < 4.78 is 7.51. The number of aromatic nitrogens is 4. The summed E-state index contributed by atoms with van der Waals surface area (Å²) in [7, 11) is 1.79. The molecule has 0 radical (unpaired) electrons. The highest BCUT2D eigenvalue weighted by Crippen LogP contribution is 2.22. The maximum Gasteiger partial charge on any atom is 0.262 e. The molecule has 0 spiro atoms. The number of fused-ring (bicyclic) bond motifs is 1. The highest BCUT2D eigenvalue weighted by molar-refractivity contribution is 5.72. The van der Waals surface area contributed by atoms with Gasteiger partial charge in [0.25, 0.3) is 5.56 Å². The summed E-state index contributed by atoms with van der Waals surface area (Å²) in [5, 5.41) is 4.62. The van der Waals surface area contributed by atoms with Crippen molar-refractivity contribution >= 4 is 11.0 Å². The summed E-state index contributed by atoms with van der Waals surface area (Å²) in [5.74, 6) is 0.657. The van der Waals surface area contributed by atoms with Crippen LogP contribution in [0.2, 0.25) is 0 Å². The molecular weight excluding hydrogens is 306 g/mol. The molecule has 1 saturated heterocycles. The maximum atomic E-state index is 12.1. The Labute approximate surface area is 138 Å². The Morgan fingerprint density at radius 3 is 3.00 bits per heavy atom. The van der Waals surface area contributed by atoms with E-state index in [2.05, 4.69) is 32.1 Å². The first-order valence-electron chi connectivity index (χ1n) is 8.00. The lowest BCUT2D eigenvalue weighted by Gasteiger charge is -2.32. The molecule has 1 aliphatic heterocycles. The van der Waals surface area contributed by atoms with E-state index in [0.717, 1.165) is 13.1 Å². The molecule has 0 aliphatic carbocycles. The Bertz CT molecular complexity index is 902. The molecule has 1 N–H and O–H groups in total. The van der Waals surface area contributed by atoms with Crippen molar-refractivity contribution in [3.8, 4) is 0 Å². The minimum absolute atomic E-state index is 0.0482. The van der Waals surface area contributed by atoms with Gasteiger partial charge in [-0.15, -0.1) is 0 Å². The zero-order valence-corrected chi connectivity index (χ0v) is 13.5. The number of hydrogen-bond donors (Lipinski definition) is 1. The maximum absolute atomic E-state index is 12.1. The third-order valence-corrected chi connectivity index (χ3v) is 4.35. The van der Waals surface area contributed by atoms with Crippen LogP contribution in [0.4, 0.5) is 0 Å². The van der Waals surface area contributed by atoms with Crippen LogP contribution in [0.15, 0.2) is 41.3 Å². The Morgan fingerprint density at radius 2 is 2.17 bits per heavy atom. The molecule has 3 aromatic rings. The summed E-state index contributed by atoms with van der Waals surface area (Å²) in [5.41, 5.74) is 1.64. The molecule has 1 aliphatic rings. The molecule has 1 atom stereocenters. The zero-order valence-electron chi connectivity index (χ0n) is 13.5. The lowest BCUT2D eigenvalue weighted by molar-refractivity contribution is -0.0336. The summed E-state index contributed by atoms with van der Waals surface area (Å²) >= 11 is 0. The number of aromatic amines is 1. The van der Waals surface area contributed by atoms with E-state index in [-0.39, 0.29) is 11.7 Å². The predicted molar refractivity (Wildman–Crippen MR) is 89.5 cm³/mol. The van der Waals surface area contributed by atoms with Crippen LogP contribution in [0.3, 0.4) is 0 Å². The number of hydrogen-bond acceptors (Lipinski definition) is 5. The minimum atomic E-state index is -0.143.